The molecule has 0 saturated carbocycles. The molecule has 8 heterocycles. The van der Waals surface area contributed by atoms with E-state index >= 15 is 0 Å². The first-order valence-corrected chi connectivity index (χ1v) is 19.1. The van der Waals surface area contributed by atoms with Gasteiger partial charge in [0.1, 0.15) is 0 Å². The largest absolute Gasteiger partial charge is 0.478 e. The van der Waals surface area contributed by atoms with Crippen LogP contribution in [0, 0.1) is 0 Å². The van der Waals surface area contributed by atoms with Crippen LogP contribution in [0.4, 0.5) is 0 Å². The number of fused-ring (bicyclic) bond motifs is 4. The van der Waals surface area contributed by atoms with Crippen molar-refractivity contribution >= 4 is 70.9 Å². The molecule has 272 valence electrons. The zero-order valence-electron chi connectivity index (χ0n) is 26.8. The first-order valence-electron chi connectivity index (χ1n) is 15.2. The number of carboxylic acid groups (broad SMARTS) is 4. The number of hydrogen-bond donors (Lipinski definition) is 4. The molecule has 0 bridgehead atoms. The molecule has 4 aliphatic heterocycles. The van der Waals surface area contributed by atoms with Crippen molar-refractivity contribution in [3.63, 3.8) is 0 Å². The van der Waals surface area contributed by atoms with Crippen LogP contribution in [0.1, 0.15) is 41.4 Å². The van der Waals surface area contributed by atoms with E-state index in [1.807, 2.05) is 0 Å². The monoisotopic (exact) mass is 788 g/mol. The van der Waals surface area contributed by atoms with Crippen LogP contribution in [-0.2, 0) is 26.2 Å². The van der Waals surface area contributed by atoms with Crippen molar-refractivity contribution in [2.45, 2.75) is 46.3 Å². The lowest BCUT2D eigenvalue weighted by atomic mass is 10.3. The molecule has 0 fully saturated rings. The third kappa shape index (κ3) is 8.92. The van der Waals surface area contributed by atoms with E-state index in [-0.39, 0.29) is 44.5 Å². The second-order valence-electron chi connectivity index (χ2n) is 10.9. The number of nitrogens with zero attached hydrogens (tertiary/aromatic N) is 4. The van der Waals surface area contributed by atoms with Crippen molar-refractivity contribution in [3.05, 3.63) is 112 Å². The number of thioether (sulfide) groups is 4. The van der Waals surface area contributed by atoms with Gasteiger partial charge in [0, 0.05) is 73.5 Å². The van der Waals surface area contributed by atoms with Crippen LogP contribution in [0.2, 0.25) is 0 Å². The van der Waals surface area contributed by atoms with Crippen molar-refractivity contribution in [2.24, 2.45) is 0 Å². The molecule has 20 heteroatoms. The molecule has 0 unspecified atom stereocenters. The van der Waals surface area contributed by atoms with Crippen molar-refractivity contribution in [1.29, 1.82) is 0 Å². The van der Waals surface area contributed by atoms with Crippen LogP contribution in [0.5, 0.6) is 0 Å². The van der Waals surface area contributed by atoms with Crippen LogP contribution in [0.3, 0.4) is 0 Å². The molecular weight excluding hydrogens is 761 g/mol. The first-order chi connectivity index (χ1) is 24.7. The average molecular weight is 789 g/mol. The molecule has 0 radical (unpaired) electrons. The third-order valence-corrected chi connectivity index (χ3v) is 11.7. The Bertz CT molecular complexity index is 2020. The summed E-state index contributed by atoms with van der Waals surface area (Å²) in [7, 11) is 0. The summed E-state index contributed by atoms with van der Waals surface area (Å²) in [6, 6.07) is 10.8. The Kier molecular flexibility index (Phi) is 12.2. The molecule has 0 atom stereocenters. The van der Waals surface area contributed by atoms with E-state index < -0.39 is 23.9 Å². The quantitative estimate of drug-likeness (QED) is 0.233. The van der Waals surface area contributed by atoms with Gasteiger partial charge in [-0.2, -0.15) is 0 Å². The van der Waals surface area contributed by atoms with E-state index in [2.05, 4.69) is 0 Å². The van der Waals surface area contributed by atoms with Gasteiger partial charge in [-0.05, 0) is 24.3 Å². The van der Waals surface area contributed by atoms with Gasteiger partial charge in [0.25, 0.3) is 22.2 Å². The van der Waals surface area contributed by atoms with Gasteiger partial charge in [-0.1, -0.05) is 0 Å². The van der Waals surface area contributed by atoms with Crippen LogP contribution >= 0.6 is 47.0 Å². The molecule has 4 aromatic heterocycles. The summed E-state index contributed by atoms with van der Waals surface area (Å²) in [5.74, 6) is -0.810. The van der Waals surface area contributed by atoms with Gasteiger partial charge in [0.15, 0.2) is 0 Å². The van der Waals surface area contributed by atoms with Gasteiger partial charge in [0.05, 0.1) is 42.4 Å². The number of carboxylic acids is 4. The predicted molar refractivity (Wildman–Crippen MR) is 194 cm³/mol. The highest BCUT2D eigenvalue weighted by molar-refractivity contribution is 8.00. The van der Waals surface area contributed by atoms with Crippen molar-refractivity contribution in [3.8, 4) is 0 Å². The Balaban J connectivity index is 0.000000134. The van der Waals surface area contributed by atoms with E-state index in [1.165, 1.54) is 47.0 Å². The molecule has 0 saturated heterocycles. The second-order valence-corrected chi connectivity index (χ2v) is 15.4. The summed E-state index contributed by atoms with van der Waals surface area (Å²) in [6.45, 7) is 2.72. The Labute approximate surface area is 309 Å². The van der Waals surface area contributed by atoms with E-state index in [1.54, 1.807) is 42.5 Å². The fraction of sp³-hybridized carbons (Fsp3) is 0.250. The molecule has 0 aromatic carbocycles. The van der Waals surface area contributed by atoms with E-state index in [0.717, 1.165) is 67.4 Å². The second kappa shape index (κ2) is 16.6. The highest BCUT2D eigenvalue weighted by Crippen LogP contribution is 2.26. The average Bonchev–Trinajstić information content (AvgIpc) is 3.92. The molecule has 4 aromatic rings. The highest BCUT2D eigenvalue weighted by atomic mass is 32.2. The summed E-state index contributed by atoms with van der Waals surface area (Å²) >= 11 is 6.05. The topological polar surface area (TPSA) is 237 Å². The summed E-state index contributed by atoms with van der Waals surface area (Å²) < 4.78 is 6.38. The van der Waals surface area contributed by atoms with Crippen LogP contribution in [0.15, 0.2) is 87.8 Å². The fourth-order valence-electron chi connectivity index (χ4n) is 5.11. The lowest BCUT2D eigenvalue weighted by Gasteiger charge is -2.01. The zero-order chi connectivity index (χ0) is 37.7. The van der Waals surface area contributed by atoms with Gasteiger partial charge in [-0.25, -0.2) is 19.2 Å². The lowest BCUT2D eigenvalue weighted by Crippen LogP contribution is -2.19. The third-order valence-electron chi connectivity index (χ3n) is 7.61. The minimum atomic E-state index is -1.05. The molecule has 8 rings (SSSR count). The first kappa shape index (κ1) is 38.3. The van der Waals surface area contributed by atoms with E-state index in [4.69, 9.17) is 20.4 Å². The maximum Gasteiger partial charge on any atom is 0.335 e. The summed E-state index contributed by atoms with van der Waals surface area (Å²) in [5, 5.41) is 37.8. The summed E-state index contributed by atoms with van der Waals surface area (Å²) in [5.41, 5.74) is -0.591. The summed E-state index contributed by atoms with van der Waals surface area (Å²) in [6.07, 6.45) is 0. The number of carbonyl (C=O) groups is 4. The van der Waals surface area contributed by atoms with Gasteiger partial charge >= 0.3 is 23.9 Å². The molecule has 4 N–H and O–H groups in total. The number of aromatic nitrogens is 4. The standard InChI is InChI=1S/4C8H7NO3S/c4*10-6-3-5(8(11)12)4-7-9(6)1-2-13-7/h4*3-4H,1-2H2,(H,11,12). The Morgan fingerprint density at radius 2 is 0.577 bits per heavy atom. The normalized spacial score (nSPS) is 14.2. The molecule has 0 aliphatic carbocycles. The van der Waals surface area contributed by atoms with Crippen molar-refractivity contribution in [2.75, 3.05) is 23.0 Å². The SMILES string of the molecule is O=C(O)c1cc2n(c(=O)c1)CCS2.O=C(O)c1cc2n(c(=O)c1)CCS2.O=C(O)c1cc2n(c(=O)c1)CCS2.O=C(O)c1cc2n(c(=O)c1)CCS2. The summed E-state index contributed by atoms with van der Waals surface area (Å²) in [4.78, 5) is 87.7. The number of hydrogen-bond acceptors (Lipinski definition) is 12. The van der Waals surface area contributed by atoms with Gasteiger partial charge < -0.3 is 38.7 Å². The number of aromatic carboxylic acids is 4. The van der Waals surface area contributed by atoms with Gasteiger partial charge in [-0.3, -0.25) is 19.2 Å². The molecule has 0 spiro atoms. The van der Waals surface area contributed by atoms with Crippen molar-refractivity contribution in [1.82, 2.24) is 18.3 Å². The van der Waals surface area contributed by atoms with Crippen molar-refractivity contribution < 1.29 is 39.6 Å². The smallest absolute Gasteiger partial charge is 0.335 e. The van der Waals surface area contributed by atoms with E-state index in [0.29, 0.717) is 26.2 Å². The predicted octanol–water partition coefficient (Wildman–Crippen LogP) is 2.61. The minimum absolute atomic E-state index is 0.0747. The van der Waals surface area contributed by atoms with Gasteiger partial charge in [0.2, 0.25) is 0 Å². The zero-order valence-corrected chi connectivity index (χ0v) is 30.0. The van der Waals surface area contributed by atoms with E-state index in [9.17, 15) is 38.4 Å². The van der Waals surface area contributed by atoms with Crippen LogP contribution < -0.4 is 22.2 Å². The molecule has 16 nitrogen and oxygen atoms in total. The van der Waals surface area contributed by atoms with Crippen LogP contribution in [0.25, 0.3) is 0 Å². The Hall–Kier alpha value is -4.92. The molecule has 0 amide bonds. The number of pyridine rings is 4. The fourth-order valence-corrected chi connectivity index (χ4v) is 9.23. The molecule has 4 aliphatic rings. The number of rotatable bonds is 4. The minimum Gasteiger partial charge on any atom is -0.478 e. The Morgan fingerprint density at radius 3 is 0.750 bits per heavy atom. The maximum absolute atomic E-state index is 11.3. The van der Waals surface area contributed by atoms with Gasteiger partial charge in [-0.15, -0.1) is 47.0 Å². The Morgan fingerprint density at radius 1 is 0.385 bits per heavy atom. The lowest BCUT2D eigenvalue weighted by molar-refractivity contribution is 0.0685. The maximum atomic E-state index is 11.3. The van der Waals surface area contributed by atoms with Crippen LogP contribution in [-0.4, -0.2) is 85.6 Å². The molecular formula is C32H28N4O12S4. The molecule has 52 heavy (non-hydrogen) atoms. The highest BCUT2D eigenvalue weighted by Gasteiger charge is 2.18.